The summed E-state index contributed by atoms with van der Waals surface area (Å²) in [6.07, 6.45) is 1.28. The van der Waals surface area contributed by atoms with Crippen LogP contribution in [0.25, 0.3) is 0 Å². The van der Waals surface area contributed by atoms with Crippen molar-refractivity contribution in [2.24, 2.45) is 5.73 Å². The molecule has 2 rings (SSSR count). The number of carbonyl (C=O) groups excluding carboxylic acids is 2. The van der Waals surface area contributed by atoms with Gasteiger partial charge in [0.1, 0.15) is 5.15 Å². The third-order valence-electron chi connectivity index (χ3n) is 3.10. The van der Waals surface area contributed by atoms with E-state index in [4.69, 9.17) is 22.1 Å². The number of halogens is 1. The lowest BCUT2D eigenvalue weighted by molar-refractivity contribution is 0.0958. The molecule has 0 aliphatic carbocycles. The zero-order valence-electron chi connectivity index (χ0n) is 12.5. The molecule has 0 atom stereocenters. The molecule has 1 aromatic heterocycles. The third-order valence-corrected chi connectivity index (χ3v) is 3.30. The van der Waals surface area contributed by atoms with Crippen molar-refractivity contribution < 1.29 is 14.3 Å². The lowest BCUT2D eigenvalue weighted by Gasteiger charge is -2.15. The van der Waals surface area contributed by atoms with E-state index >= 15 is 0 Å². The first kappa shape index (κ1) is 16.6. The van der Waals surface area contributed by atoms with Crippen LogP contribution in [0.2, 0.25) is 5.15 Å². The Kier molecular flexibility index (Phi) is 5.02. The molecule has 0 radical (unpaired) electrons. The molecule has 2 amide bonds. The highest BCUT2D eigenvalue weighted by Gasteiger charge is 2.17. The predicted octanol–water partition coefficient (Wildman–Crippen LogP) is 1.95. The van der Waals surface area contributed by atoms with Crippen LogP contribution in [-0.2, 0) is 0 Å². The molecule has 0 unspecified atom stereocenters. The number of ether oxygens (including phenoxy) is 1. The molecule has 23 heavy (non-hydrogen) atoms. The summed E-state index contributed by atoms with van der Waals surface area (Å²) in [5, 5.41) is 5.73. The minimum atomic E-state index is -0.655. The van der Waals surface area contributed by atoms with Gasteiger partial charge < -0.3 is 21.1 Å². The van der Waals surface area contributed by atoms with E-state index in [0.717, 1.165) is 0 Å². The molecule has 2 aromatic rings. The van der Waals surface area contributed by atoms with Gasteiger partial charge >= 0.3 is 0 Å². The molecule has 0 aliphatic rings. The van der Waals surface area contributed by atoms with Crippen molar-refractivity contribution in [3.8, 4) is 5.75 Å². The maximum atomic E-state index is 11.9. The average molecular weight is 335 g/mol. The number of pyridine rings is 1. The minimum Gasteiger partial charge on any atom is -0.494 e. The maximum absolute atomic E-state index is 11.9. The highest BCUT2D eigenvalue weighted by atomic mass is 35.5. The highest BCUT2D eigenvalue weighted by Crippen LogP contribution is 2.32. The summed E-state index contributed by atoms with van der Waals surface area (Å²) in [5.74, 6) is -0.623. The van der Waals surface area contributed by atoms with Gasteiger partial charge in [0, 0.05) is 13.2 Å². The van der Waals surface area contributed by atoms with Gasteiger partial charge in [0.05, 0.1) is 29.6 Å². The van der Waals surface area contributed by atoms with Gasteiger partial charge in [0.2, 0.25) is 0 Å². The molecular weight excluding hydrogens is 320 g/mol. The molecule has 0 bridgehead atoms. The van der Waals surface area contributed by atoms with Gasteiger partial charge in [-0.1, -0.05) is 17.7 Å². The highest BCUT2D eigenvalue weighted by molar-refractivity contribution is 6.29. The molecule has 0 saturated heterocycles. The Morgan fingerprint density at radius 2 is 2.00 bits per heavy atom. The Morgan fingerprint density at radius 1 is 1.26 bits per heavy atom. The first-order valence-corrected chi connectivity index (χ1v) is 6.97. The van der Waals surface area contributed by atoms with Crippen LogP contribution in [0.5, 0.6) is 5.75 Å². The van der Waals surface area contributed by atoms with Crippen molar-refractivity contribution in [2.75, 3.05) is 19.5 Å². The Hall–Kier alpha value is -2.80. The van der Waals surface area contributed by atoms with Crippen molar-refractivity contribution in [3.05, 3.63) is 46.7 Å². The fourth-order valence-electron chi connectivity index (χ4n) is 2.04. The number of hydrogen-bond donors (Lipinski definition) is 3. The quantitative estimate of drug-likeness (QED) is 0.724. The Balaban J connectivity index is 2.51. The van der Waals surface area contributed by atoms with E-state index in [2.05, 4.69) is 15.6 Å². The van der Waals surface area contributed by atoms with Crippen LogP contribution in [0.3, 0.4) is 0 Å². The van der Waals surface area contributed by atoms with Gasteiger partial charge in [-0.15, -0.1) is 0 Å². The smallest absolute Gasteiger partial charge is 0.254 e. The second-order valence-electron chi connectivity index (χ2n) is 4.51. The number of aromatic nitrogens is 1. The number of nitrogens with zero attached hydrogens (tertiary/aromatic N) is 1. The fraction of sp³-hybridized carbons (Fsp3) is 0.133. The van der Waals surface area contributed by atoms with Gasteiger partial charge in [-0.05, 0) is 18.2 Å². The van der Waals surface area contributed by atoms with Gasteiger partial charge in [0.25, 0.3) is 11.8 Å². The van der Waals surface area contributed by atoms with Crippen LogP contribution in [0, 0.1) is 0 Å². The van der Waals surface area contributed by atoms with E-state index in [1.807, 2.05) is 0 Å². The van der Waals surface area contributed by atoms with Crippen molar-refractivity contribution in [1.29, 1.82) is 0 Å². The summed E-state index contributed by atoms with van der Waals surface area (Å²) >= 11 is 5.87. The SMILES string of the molecule is CNC(=O)c1cccc(Nc2cc(Cl)ncc2C(N)=O)c1OC. The molecular formula is C15H15ClN4O3. The molecule has 0 saturated carbocycles. The number of primary amides is 1. The van der Waals surface area contributed by atoms with Crippen LogP contribution in [0.1, 0.15) is 20.7 Å². The summed E-state index contributed by atoms with van der Waals surface area (Å²) in [7, 11) is 2.97. The maximum Gasteiger partial charge on any atom is 0.254 e. The molecule has 0 spiro atoms. The number of hydrogen-bond acceptors (Lipinski definition) is 5. The number of benzene rings is 1. The summed E-state index contributed by atoms with van der Waals surface area (Å²) in [6, 6.07) is 6.47. The van der Waals surface area contributed by atoms with Crippen molar-refractivity contribution in [1.82, 2.24) is 10.3 Å². The summed E-state index contributed by atoms with van der Waals surface area (Å²) in [6.45, 7) is 0. The second-order valence-corrected chi connectivity index (χ2v) is 4.89. The molecule has 0 aliphatic heterocycles. The number of rotatable bonds is 5. The molecule has 7 nitrogen and oxygen atoms in total. The number of nitrogens with one attached hydrogen (secondary N) is 2. The van der Waals surface area contributed by atoms with E-state index in [0.29, 0.717) is 22.7 Å². The first-order valence-electron chi connectivity index (χ1n) is 6.59. The van der Waals surface area contributed by atoms with Crippen LogP contribution >= 0.6 is 11.6 Å². The van der Waals surface area contributed by atoms with Crippen LogP contribution in [0.4, 0.5) is 11.4 Å². The van der Waals surface area contributed by atoms with Crippen LogP contribution in [0.15, 0.2) is 30.5 Å². The topological polar surface area (TPSA) is 106 Å². The minimum absolute atomic E-state index is 0.168. The normalized spacial score (nSPS) is 10.0. The average Bonchev–Trinajstić information content (AvgIpc) is 2.53. The second kappa shape index (κ2) is 6.97. The Morgan fingerprint density at radius 3 is 2.61 bits per heavy atom. The molecule has 8 heteroatoms. The Bertz CT molecular complexity index is 764. The monoisotopic (exact) mass is 334 g/mol. The summed E-state index contributed by atoms with van der Waals surface area (Å²) < 4.78 is 5.31. The number of amides is 2. The van der Waals surface area contributed by atoms with Gasteiger partial charge in [-0.3, -0.25) is 9.59 Å². The van der Waals surface area contributed by atoms with Crippen LogP contribution < -0.4 is 21.1 Å². The van der Waals surface area contributed by atoms with Crippen molar-refractivity contribution in [2.45, 2.75) is 0 Å². The van der Waals surface area contributed by atoms with Crippen molar-refractivity contribution >= 4 is 34.8 Å². The van der Waals surface area contributed by atoms with E-state index in [1.165, 1.54) is 26.4 Å². The van der Waals surface area contributed by atoms with E-state index < -0.39 is 5.91 Å². The van der Waals surface area contributed by atoms with Gasteiger partial charge in [-0.25, -0.2) is 4.98 Å². The van der Waals surface area contributed by atoms with Crippen LogP contribution in [-0.4, -0.2) is 31.0 Å². The van der Waals surface area contributed by atoms with Crippen molar-refractivity contribution in [3.63, 3.8) is 0 Å². The van der Waals surface area contributed by atoms with Gasteiger partial charge in [-0.2, -0.15) is 0 Å². The van der Waals surface area contributed by atoms with Gasteiger partial charge in [0.15, 0.2) is 5.75 Å². The molecule has 1 heterocycles. The predicted molar refractivity (Wildman–Crippen MR) is 87.4 cm³/mol. The first-order chi connectivity index (χ1) is 11.0. The number of anilines is 2. The number of carbonyl (C=O) groups is 2. The fourth-order valence-corrected chi connectivity index (χ4v) is 2.20. The number of methoxy groups -OCH3 is 1. The number of nitrogens with two attached hydrogens (primary N) is 1. The lowest BCUT2D eigenvalue weighted by atomic mass is 10.1. The third kappa shape index (κ3) is 3.51. The van der Waals surface area contributed by atoms with E-state index in [-0.39, 0.29) is 16.6 Å². The zero-order valence-corrected chi connectivity index (χ0v) is 13.3. The lowest BCUT2D eigenvalue weighted by Crippen LogP contribution is -2.19. The van der Waals surface area contributed by atoms with E-state index in [9.17, 15) is 9.59 Å². The zero-order chi connectivity index (χ0) is 17.0. The summed E-state index contributed by atoms with van der Waals surface area (Å²) in [5.41, 5.74) is 6.70. The van der Waals surface area contributed by atoms with E-state index in [1.54, 1.807) is 18.2 Å². The molecule has 120 valence electrons. The molecule has 1 aromatic carbocycles. The summed E-state index contributed by atoms with van der Waals surface area (Å²) in [4.78, 5) is 27.2. The largest absolute Gasteiger partial charge is 0.494 e. The Labute approximate surface area is 137 Å². The molecule has 4 N–H and O–H groups in total. The standard InChI is InChI=1S/C15H15ClN4O3/c1-18-15(22)8-4-3-5-10(13(8)23-2)20-11-6-12(16)19-7-9(11)14(17)21/h3-7H,1-2H3,(H2,17,21)(H,18,22)(H,19,20). The molecule has 0 fully saturated rings. The number of para-hydroxylation sites is 1.